The van der Waals surface area contributed by atoms with Gasteiger partial charge in [-0.1, -0.05) is 29.6 Å². The van der Waals surface area contributed by atoms with Gasteiger partial charge in [-0.15, -0.1) is 0 Å². The van der Waals surface area contributed by atoms with E-state index in [1.807, 2.05) is 19.9 Å². The zero-order valence-corrected chi connectivity index (χ0v) is 16.9. The molecule has 4 rings (SSSR count). The Morgan fingerprint density at radius 2 is 1.93 bits per heavy atom. The molecule has 1 aliphatic carbocycles. The van der Waals surface area contributed by atoms with E-state index in [1.165, 1.54) is 0 Å². The summed E-state index contributed by atoms with van der Waals surface area (Å²) in [5.41, 5.74) is 2.81. The summed E-state index contributed by atoms with van der Waals surface area (Å²) in [5, 5.41) is 4.93. The lowest BCUT2D eigenvalue weighted by Gasteiger charge is -2.14. The van der Waals surface area contributed by atoms with E-state index in [1.54, 1.807) is 18.2 Å². The third-order valence-corrected chi connectivity index (χ3v) is 7.45. The molecule has 2 aromatic heterocycles. The molecule has 27 heavy (non-hydrogen) atoms. The molecule has 1 aliphatic rings. The first-order chi connectivity index (χ1) is 12.8. The Morgan fingerprint density at radius 1 is 1.19 bits per heavy atom. The molecule has 0 unspecified atom stereocenters. The first-order valence-electron chi connectivity index (χ1n) is 9.11. The van der Waals surface area contributed by atoms with Crippen LogP contribution >= 0.6 is 11.6 Å². The average Bonchev–Trinajstić information content (AvgIpc) is 3.22. The molecule has 0 aliphatic heterocycles. The molecule has 0 radical (unpaired) electrons. The molecular formula is C20H21ClN2O3S. The third kappa shape index (κ3) is 3.48. The summed E-state index contributed by atoms with van der Waals surface area (Å²) < 4.78 is 31.8. The number of hydrogen-bond donors (Lipinski definition) is 0. The fraction of sp³-hybridized carbons (Fsp3) is 0.400. The van der Waals surface area contributed by atoms with E-state index >= 15 is 0 Å². The van der Waals surface area contributed by atoms with Gasteiger partial charge in [0, 0.05) is 10.9 Å². The van der Waals surface area contributed by atoms with E-state index in [0.29, 0.717) is 32.4 Å². The lowest BCUT2D eigenvalue weighted by atomic mass is 10.0. The SMILES string of the molecule is Cc1noc(C)c1-c1cc(S(=O)(=O)CC2CCCC2)c2ccc(Cl)nc2c1. The van der Waals surface area contributed by atoms with E-state index in [0.717, 1.165) is 36.8 Å². The number of aromatic nitrogens is 2. The molecule has 142 valence electrons. The molecule has 0 spiro atoms. The molecule has 0 amide bonds. The molecule has 0 saturated heterocycles. The lowest BCUT2D eigenvalue weighted by molar-refractivity contribution is 0.393. The van der Waals surface area contributed by atoms with Crippen molar-refractivity contribution >= 4 is 32.3 Å². The molecule has 1 fully saturated rings. The van der Waals surface area contributed by atoms with Crippen molar-refractivity contribution in [3.63, 3.8) is 0 Å². The Labute approximate surface area is 163 Å². The first kappa shape index (κ1) is 18.4. The minimum atomic E-state index is -3.46. The average molecular weight is 405 g/mol. The fourth-order valence-electron chi connectivity index (χ4n) is 4.05. The van der Waals surface area contributed by atoms with Gasteiger partial charge in [-0.05, 0) is 62.4 Å². The molecule has 7 heteroatoms. The van der Waals surface area contributed by atoms with Crippen LogP contribution in [0.4, 0.5) is 0 Å². The van der Waals surface area contributed by atoms with Gasteiger partial charge in [-0.3, -0.25) is 0 Å². The topological polar surface area (TPSA) is 73.1 Å². The van der Waals surface area contributed by atoms with Crippen LogP contribution in [0.15, 0.2) is 33.7 Å². The fourth-order valence-corrected chi connectivity index (χ4v) is 6.15. The maximum absolute atomic E-state index is 13.3. The maximum Gasteiger partial charge on any atom is 0.179 e. The largest absolute Gasteiger partial charge is 0.361 e. The van der Waals surface area contributed by atoms with Crippen molar-refractivity contribution in [1.82, 2.24) is 10.1 Å². The predicted molar refractivity (Wildman–Crippen MR) is 106 cm³/mol. The monoisotopic (exact) mass is 404 g/mol. The van der Waals surface area contributed by atoms with Crippen LogP contribution in [0.1, 0.15) is 37.1 Å². The number of nitrogens with zero attached hydrogens (tertiary/aromatic N) is 2. The highest BCUT2D eigenvalue weighted by molar-refractivity contribution is 7.91. The van der Waals surface area contributed by atoms with Crippen molar-refractivity contribution < 1.29 is 12.9 Å². The van der Waals surface area contributed by atoms with Crippen LogP contribution in [0.25, 0.3) is 22.0 Å². The van der Waals surface area contributed by atoms with E-state index in [4.69, 9.17) is 16.1 Å². The van der Waals surface area contributed by atoms with Gasteiger partial charge >= 0.3 is 0 Å². The molecule has 0 bridgehead atoms. The number of hydrogen-bond acceptors (Lipinski definition) is 5. The van der Waals surface area contributed by atoms with Crippen molar-refractivity contribution in [2.45, 2.75) is 44.4 Å². The van der Waals surface area contributed by atoms with Crippen LogP contribution in [0.3, 0.4) is 0 Å². The normalized spacial score (nSPS) is 15.7. The van der Waals surface area contributed by atoms with Crippen molar-refractivity contribution in [3.8, 4) is 11.1 Å². The Morgan fingerprint density at radius 3 is 2.59 bits per heavy atom. The van der Waals surface area contributed by atoms with Crippen LogP contribution in [-0.4, -0.2) is 24.3 Å². The smallest absolute Gasteiger partial charge is 0.179 e. The first-order valence-corrected chi connectivity index (χ1v) is 11.1. The number of rotatable bonds is 4. The highest BCUT2D eigenvalue weighted by Crippen LogP contribution is 2.36. The van der Waals surface area contributed by atoms with Gasteiger partial charge in [0.2, 0.25) is 0 Å². The molecule has 5 nitrogen and oxygen atoms in total. The Bertz CT molecular complexity index is 1100. The second-order valence-corrected chi connectivity index (χ2v) is 9.70. The maximum atomic E-state index is 13.3. The number of aryl methyl sites for hydroxylation is 2. The Kier molecular flexibility index (Phi) is 4.72. The molecule has 0 atom stereocenters. The van der Waals surface area contributed by atoms with Crippen LogP contribution in [-0.2, 0) is 9.84 Å². The quantitative estimate of drug-likeness (QED) is 0.564. The van der Waals surface area contributed by atoms with Crippen LogP contribution in [0, 0.1) is 19.8 Å². The Hall–Kier alpha value is -1.92. The molecule has 3 aromatic rings. The lowest BCUT2D eigenvalue weighted by Crippen LogP contribution is -2.14. The summed E-state index contributed by atoms with van der Waals surface area (Å²) in [6.45, 7) is 3.66. The molecule has 1 aromatic carbocycles. The number of pyridine rings is 1. The summed E-state index contributed by atoms with van der Waals surface area (Å²) in [4.78, 5) is 4.67. The van der Waals surface area contributed by atoms with Crippen LogP contribution in [0.2, 0.25) is 5.15 Å². The van der Waals surface area contributed by atoms with E-state index in [2.05, 4.69) is 10.1 Å². The highest BCUT2D eigenvalue weighted by Gasteiger charge is 2.27. The minimum Gasteiger partial charge on any atom is -0.361 e. The number of benzene rings is 1. The minimum absolute atomic E-state index is 0.176. The van der Waals surface area contributed by atoms with E-state index in [9.17, 15) is 8.42 Å². The summed E-state index contributed by atoms with van der Waals surface area (Å²) in [6.07, 6.45) is 4.17. The van der Waals surface area contributed by atoms with Gasteiger partial charge < -0.3 is 4.52 Å². The molecule has 2 heterocycles. The van der Waals surface area contributed by atoms with Crippen LogP contribution < -0.4 is 0 Å². The summed E-state index contributed by atoms with van der Waals surface area (Å²) in [7, 11) is -3.46. The number of halogens is 1. The highest BCUT2D eigenvalue weighted by atomic mass is 35.5. The summed E-state index contributed by atoms with van der Waals surface area (Å²) in [5.74, 6) is 1.05. The summed E-state index contributed by atoms with van der Waals surface area (Å²) >= 11 is 6.07. The van der Waals surface area contributed by atoms with Crippen molar-refractivity contribution in [2.75, 3.05) is 5.75 Å². The van der Waals surface area contributed by atoms with Crippen LogP contribution in [0.5, 0.6) is 0 Å². The van der Waals surface area contributed by atoms with Crippen molar-refractivity contribution in [3.05, 3.63) is 40.9 Å². The molecular weight excluding hydrogens is 384 g/mol. The summed E-state index contributed by atoms with van der Waals surface area (Å²) in [6, 6.07) is 6.95. The van der Waals surface area contributed by atoms with Gasteiger partial charge in [-0.2, -0.15) is 0 Å². The second-order valence-electron chi connectivity index (χ2n) is 7.31. The van der Waals surface area contributed by atoms with E-state index < -0.39 is 9.84 Å². The molecule has 0 N–H and O–H groups in total. The predicted octanol–water partition coefficient (Wildman–Crippen LogP) is 5.12. The third-order valence-electron chi connectivity index (χ3n) is 5.32. The number of sulfone groups is 1. The Balaban J connectivity index is 1.93. The number of fused-ring (bicyclic) bond motifs is 1. The second kappa shape index (κ2) is 6.91. The van der Waals surface area contributed by atoms with Gasteiger partial charge in [0.25, 0.3) is 0 Å². The zero-order valence-electron chi connectivity index (χ0n) is 15.3. The molecule has 1 saturated carbocycles. The zero-order chi connectivity index (χ0) is 19.2. The standard InChI is InChI=1S/C20H21ClN2O3S/c1-12-20(13(2)26-23-12)15-9-17-16(7-8-19(21)22-17)18(10-15)27(24,25)11-14-5-3-4-6-14/h7-10,14H,3-6,11H2,1-2H3. The van der Waals surface area contributed by atoms with Gasteiger partial charge in [0.15, 0.2) is 9.84 Å². The van der Waals surface area contributed by atoms with Crippen molar-refractivity contribution in [1.29, 1.82) is 0 Å². The van der Waals surface area contributed by atoms with E-state index in [-0.39, 0.29) is 11.7 Å². The van der Waals surface area contributed by atoms with Gasteiger partial charge in [0.05, 0.1) is 21.9 Å². The van der Waals surface area contributed by atoms with Crippen molar-refractivity contribution in [2.24, 2.45) is 5.92 Å². The van der Waals surface area contributed by atoms with Gasteiger partial charge in [-0.25, -0.2) is 13.4 Å². The van der Waals surface area contributed by atoms with Gasteiger partial charge in [0.1, 0.15) is 10.9 Å².